The molecule has 0 spiro atoms. The van der Waals surface area contributed by atoms with E-state index in [1.165, 1.54) is 30.4 Å². The molecule has 1 aliphatic carbocycles. The van der Waals surface area contributed by atoms with Crippen LogP contribution in [-0.4, -0.2) is 24.5 Å². The molecule has 1 aliphatic heterocycles. The van der Waals surface area contributed by atoms with Crippen molar-refractivity contribution in [1.82, 2.24) is 10.6 Å². The molecule has 4 heteroatoms. The zero-order chi connectivity index (χ0) is 13.9. The predicted molar refractivity (Wildman–Crippen MR) is 88.3 cm³/mol. The van der Waals surface area contributed by atoms with Crippen LogP contribution in [0.25, 0.3) is 0 Å². The Morgan fingerprint density at radius 1 is 1.19 bits per heavy atom. The third-order valence-corrected chi connectivity index (χ3v) is 4.69. The summed E-state index contributed by atoms with van der Waals surface area (Å²) in [6.07, 6.45) is 7.04. The number of aryl methyl sites for hydroxylation is 2. The van der Waals surface area contributed by atoms with Crippen molar-refractivity contribution in [2.75, 3.05) is 6.54 Å². The molecule has 2 aliphatic rings. The number of hydrogen-bond acceptors (Lipinski definition) is 2. The van der Waals surface area contributed by atoms with E-state index in [2.05, 4.69) is 29.7 Å². The monoisotopic (exact) mass is 308 g/mol. The predicted octanol–water partition coefficient (Wildman–Crippen LogP) is 2.86. The van der Waals surface area contributed by atoms with Crippen LogP contribution in [0.1, 0.15) is 54.1 Å². The van der Waals surface area contributed by atoms with Crippen molar-refractivity contribution in [2.45, 2.75) is 57.5 Å². The first-order valence-electron chi connectivity index (χ1n) is 7.90. The maximum atomic E-state index is 12.4. The largest absolute Gasteiger partial charge is 0.348 e. The molecule has 1 saturated heterocycles. The Labute approximate surface area is 133 Å². The fourth-order valence-corrected chi connectivity index (χ4v) is 3.37. The molecule has 0 saturated carbocycles. The van der Waals surface area contributed by atoms with E-state index in [1.807, 2.05) is 6.07 Å². The molecule has 1 aromatic rings. The zero-order valence-electron chi connectivity index (χ0n) is 12.7. The molecule has 0 aromatic heterocycles. The molecule has 1 amide bonds. The van der Waals surface area contributed by atoms with Crippen LogP contribution < -0.4 is 10.6 Å². The van der Waals surface area contributed by atoms with Gasteiger partial charge in [-0.25, -0.2) is 0 Å². The number of amides is 1. The van der Waals surface area contributed by atoms with Gasteiger partial charge in [0.15, 0.2) is 0 Å². The minimum absolute atomic E-state index is 0. The number of nitrogens with one attached hydrogen (secondary N) is 2. The molecule has 0 radical (unpaired) electrons. The second kappa shape index (κ2) is 7.28. The van der Waals surface area contributed by atoms with Crippen LogP contribution in [0, 0.1) is 0 Å². The van der Waals surface area contributed by atoms with E-state index < -0.39 is 0 Å². The standard InChI is InChI=1S/C17H24N2O.ClH/c1-12-16(7-4-10-18-12)19-17(20)15-9-8-13-5-2-3-6-14(13)11-15;/h8-9,11-12,16,18H,2-7,10H2,1H3,(H,19,20);1H. The van der Waals surface area contributed by atoms with Gasteiger partial charge in [0.1, 0.15) is 0 Å². The van der Waals surface area contributed by atoms with E-state index in [-0.39, 0.29) is 24.4 Å². The van der Waals surface area contributed by atoms with E-state index in [0.29, 0.717) is 6.04 Å². The van der Waals surface area contributed by atoms with Gasteiger partial charge < -0.3 is 10.6 Å². The molecule has 2 N–H and O–H groups in total. The number of hydrogen-bond donors (Lipinski definition) is 2. The first-order chi connectivity index (χ1) is 9.74. The van der Waals surface area contributed by atoms with E-state index in [0.717, 1.165) is 31.4 Å². The van der Waals surface area contributed by atoms with Crippen LogP contribution in [0.3, 0.4) is 0 Å². The summed E-state index contributed by atoms with van der Waals surface area (Å²) in [6.45, 7) is 3.21. The Morgan fingerprint density at radius 3 is 2.71 bits per heavy atom. The van der Waals surface area contributed by atoms with Crippen LogP contribution in [0.4, 0.5) is 0 Å². The fourth-order valence-electron chi connectivity index (χ4n) is 3.37. The lowest BCUT2D eigenvalue weighted by Gasteiger charge is -2.30. The van der Waals surface area contributed by atoms with E-state index in [9.17, 15) is 4.79 Å². The van der Waals surface area contributed by atoms with Crippen LogP contribution >= 0.6 is 12.4 Å². The summed E-state index contributed by atoms with van der Waals surface area (Å²) < 4.78 is 0. The minimum atomic E-state index is 0. The first-order valence-corrected chi connectivity index (χ1v) is 7.90. The van der Waals surface area contributed by atoms with Crippen molar-refractivity contribution in [1.29, 1.82) is 0 Å². The van der Waals surface area contributed by atoms with Gasteiger partial charge in [0.25, 0.3) is 5.91 Å². The molecule has 3 nitrogen and oxygen atoms in total. The summed E-state index contributed by atoms with van der Waals surface area (Å²) in [5.74, 6) is 0.0823. The van der Waals surface area contributed by atoms with Crippen molar-refractivity contribution in [2.24, 2.45) is 0 Å². The molecular formula is C17H25ClN2O. The number of carbonyl (C=O) groups is 1. The molecular weight excluding hydrogens is 284 g/mol. The molecule has 2 unspecified atom stereocenters. The molecule has 1 heterocycles. The van der Waals surface area contributed by atoms with Gasteiger partial charge in [-0.3, -0.25) is 4.79 Å². The summed E-state index contributed by atoms with van der Waals surface area (Å²) in [5.41, 5.74) is 3.63. The molecule has 1 aromatic carbocycles. The zero-order valence-corrected chi connectivity index (χ0v) is 13.5. The fraction of sp³-hybridized carbons (Fsp3) is 0.588. The molecule has 2 atom stereocenters. The van der Waals surface area contributed by atoms with Crippen LogP contribution in [0.2, 0.25) is 0 Å². The minimum Gasteiger partial charge on any atom is -0.348 e. The topological polar surface area (TPSA) is 41.1 Å². The normalized spacial score (nSPS) is 24.6. The second-order valence-electron chi connectivity index (χ2n) is 6.16. The Balaban J connectivity index is 0.00000161. The van der Waals surface area contributed by atoms with Gasteiger partial charge in [0.05, 0.1) is 0 Å². The SMILES string of the molecule is CC1NCCCC1NC(=O)c1ccc2c(c1)CCCC2.Cl. The number of piperidine rings is 1. The van der Waals surface area contributed by atoms with Crippen molar-refractivity contribution >= 4 is 18.3 Å². The van der Waals surface area contributed by atoms with E-state index >= 15 is 0 Å². The summed E-state index contributed by atoms with van der Waals surface area (Å²) in [6, 6.07) is 6.86. The number of benzene rings is 1. The number of fused-ring (bicyclic) bond motifs is 1. The van der Waals surface area contributed by atoms with Crippen molar-refractivity contribution in [3.05, 3.63) is 34.9 Å². The highest BCUT2D eigenvalue weighted by Crippen LogP contribution is 2.22. The summed E-state index contributed by atoms with van der Waals surface area (Å²) >= 11 is 0. The lowest BCUT2D eigenvalue weighted by atomic mass is 9.90. The highest BCUT2D eigenvalue weighted by atomic mass is 35.5. The number of rotatable bonds is 2. The molecule has 21 heavy (non-hydrogen) atoms. The first kappa shape index (κ1) is 16.3. The average molecular weight is 309 g/mol. The maximum absolute atomic E-state index is 12.4. The van der Waals surface area contributed by atoms with Gasteiger partial charge in [0.2, 0.25) is 0 Å². The second-order valence-corrected chi connectivity index (χ2v) is 6.16. The van der Waals surface area contributed by atoms with Crippen LogP contribution in [-0.2, 0) is 12.8 Å². The molecule has 1 fully saturated rings. The van der Waals surface area contributed by atoms with E-state index in [1.54, 1.807) is 0 Å². The van der Waals surface area contributed by atoms with Gasteiger partial charge in [-0.2, -0.15) is 0 Å². The Hall–Kier alpha value is -1.06. The summed E-state index contributed by atoms with van der Waals surface area (Å²) in [4.78, 5) is 12.4. The Kier molecular flexibility index (Phi) is 5.65. The average Bonchev–Trinajstić information content (AvgIpc) is 2.49. The van der Waals surface area contributed by atoms with Gasteiger partial charge in [0, 0.05) is 17.6 Å². The van der Waals surface area contributed by atoms with Gasteiger partial charge in [-0.05, 0) is 75.3 Å². The van der Waals surface area contributed by atoms with Crippen LogP contribution in [0.15, 0.2) is 18.2 Å². The molecule has 116 valence electrons. The highest BCUT2D eigenvalue weighted by Gasteiger charge is 2.23. The summed E-state index contributed by atoms with van der Waals surface area (Å²) in [7, 11) is 0. The Morgan fingerprint density at radius 2 is 1.95 bits per heavy atom. The van der Waals surface area contributed by atoms with E-state index in [4.69, 9.17) is 0 Å². The lowest BCUT2D eigenvalue weighted by molar-refractivity contribution is 0.0919. The quantitative estimate of drug-likeness (QED) is 0.882. The van der Waals surface area contributed by atoms with Crippen molar-refractivity contribution < 1.29 is 4.79 Å². The molecule has 3 rings (SSSR count). The van der Waals surface area contributed by atoms with Gasteiger partial charge >= 0.3 is 0 Å². The number of halogens is 1. The van der Waals surface area contributed by atoms with Crippen molar-refractivity contribution in [3.63, 3.8) is 0 Å². The maximum Gasteiger partial charge on any atom is 0.251 e. The smallest absolute Gasteiger partial charge is 0.251 e. The van der Waals surface area contributed by atoms with Gasteiger partial charge in [-0.1, -0.05) is 6.07 Å². The third kappa shape index (κ3) is 3.78. The lowest BCUT2D eigenvalue weighted by Crippen LogP contribution is -2.51. The van der Waals surface area contributed by atoms with Crippen LogP contribution in [0.5, 0.6) is 0 Å². The highest BCUT2D eigenvalue weighted by molar-refractivity contribution is 5.94. The number of carbonyl (C=O) groups excluding carboxylic acids is 1. The Bertz CT molecular complexity index is 504. The molecule has 0 bridgehead atoms. The summed E-state index contributed by atoms with van der Waals surface area (Å²) in [5, 5.41) is 6.61. The van der Waals surface area contributed by atoms with Crippen molar-refractivity contribution in [3.8, 4) is 0 Å². The third-order valence-electron chi connectivity index (χ3n) is 4.69. The van der Waals surface area contributed by atoms with Gasteiger partial charge in [-0.15, -0.1) is 12.4 Å².